The Morgan fingerprint density at radius 1 is 1.15 bits per heavy atom. The minimum Gasteiger partial charge on any atom is -0.398 e. The Kier molecular flexibility index (Phi) is 5.72. The maximum atomic E-state index is 12.6. The topological polar surface area (TPSA) is 72.2 Å². The van der Waals surface area contributed by atoms with Gasteiger partial charge in [0.05, 0.1) is 10.7 Å². The van der Waals surface area contributed by atoms with Crippen molar-refractivity contribution >= 4 is 38.9 Å². The minimum absolute atomic E-state index is 0.0275. The third kappa shape index (κ3) is 3.58. The van der Waals surface area contributed by atoms with Crippen molar-refractivity contribution in [2.24, 2.45) is 0 Å². The second-order valence-corrected chi connectivity index (χ2v) is 7.22. The molecule has 0 amide bonds. The third-order valence-corrected chi connectivity index (χ3v) is 6.01. The molecule has 0 unspecified atom stereocenters. The van der Waals surface area contributed by atoms with E-state index in [-0.39, 0.29) is 15.6 Å². The van der Waals surface area contributed by atoms with E-state index in [9.17, 15) is 8.42 Å². The van der Waals surface area contributed by atoms with Crippen LogP contribution in [0.2, 0.25) is 10.0 Å². The van der Waals surface area contributed by atoms with Crippen molar-refractivity contribution in [3.05, 3.63) is 22.2 Å². The molecule has 1 aromatic carbocycles. The Bertz CT molecular complexity index is 553. The molecule has 0 saturated carbocycles. The molecule has 0 radical (unpaired) electrons. The smallest absolute Gasteiger partial charge is 0.244 e. The molecule has 0 spiro atoms. The highest BCUT2D eigenvalue weighted by atomic mass is 35.5. The van der Waals surface area contributed by atoms with Gasteiger partial charge in [0, 0.05) is 10.6 Å². The number of hydrogen-bond donors (Lipinski definition) is 2. The van der Waals surface area contributed by atoms with Crippen LogP contribution in [0.3, 0.4) is 0 Å². The van der Waals surface area contributed by atoms with Crippen molar-refractivity contribution in [3.63, 3.8) is 0 Å². The lowest BCUT2D eigenvalue weighted by atomic mass is 9.91. The van der Waals surface area contributed by atoms with Crippen LogP contribution in [0.1, 0.15) is 40.0 Å². The Morgan fingerprint density at radius 3 is 2.05 bits per heavy atom. The predicted molar refractivity (Wildman–Crippen MR) is 84.8 cm³/mol. The highest BCUT2D eigenvalue weighted by molar-refractivity contribution is 7.89. The maximum Gasteiger partial charge on any atom is 0.244 e. The van der Waals surface area contributed by atoms with Crippen LogP contribution in [0.5, 0.6) is 0 Å². The van der Waals surface area contributed by atoms with E-state index in [4.69, 9.17) is 28.9 Å². The van der Waals surface area contributed by atoms with Crippen molar-refractivity contribution in [2.75, 3.05) is 5.73 Å². The fraction of sp³-hybridized carbons (Fsp3) is 0.538. The van der Waals surface area contributed by atoms with Crippen LogP contribution in [-0.4, -0.2) is 14.0 Å². The number of nitrogen functional groups attached to an aromatic ring is 1. The predicted octanol–water partition coefficient (Wildman–Crippen LogP) is 3.82. The van der Waals surface area contributed by atoms with Crippen LogP contribution < -0.4 is 10.5 Å². The van der Waals surface area contributed by atoms with E-state index in [0.29, 0.717) is 24.3 Å². The summed E-state index contributed by atoms with van der Waals surface area (Å²) in [6, 6.07) is 2.76. The molecule has 0 aliphatic carbocycles. The number of anilines is 1. The van der Waals surface area contributed by atoms with Gasteiger partial charge in [0.1, 0.15) is 4.90 Å². The van der Waals surface area contributed by atoms with E-state index in [0.717, 1.165) is 0 Å². The van der Waals surface area contributed by atoms with E-state index < -0.39 is 15.6 Å². The number of halogens is 2. The van der Waals surface area contributed by atoms with Gasteiger partial charge in [-0.15, -0.1) is 0 Å². The first-order chi connectivity index (χ1) is 9.21. The zero-order chi connectivity index (χ0) is 15.6. The zero-order valence-electron chi connectivity index (χ0n) is 11.8. The van der Waals surface area contributed by atoms with Crippen LogP contribution >= 0.6 is 23.2 Å². The average Bonchev–Trinajstić information content (AvgIpc) is 2.34. The number of rotatable bonds is 6. The summed E-state index contributed by atoms with van der Waals surface area (Å²) in [5, 5.41) is 0.332. The minimum atomic E-state index is -3.80. The van der Waals surface area contributed by atoms with Gasteiger partial charge in [-0.2, -0.15) is 0 Å². The number of benzene rings is 1. The van der Waals surface area contributed by atoms with E-state index in [1.807, 2.05) is 20.8 Å². The molecule has 7 heteroatoms. The number of nitrogens with one attached hydrogen (secondary N) is 1. The summed E-state index contributed by atoms with van der Waals surface area (Å²) in [5.74, 6) is 0. The molecule has 0 aliphatic rings. The lowest BCUT2D eigenvalue weighted by Gasteiger charge is -2.31. The quantitative estimate of drug-likeness (QED) is 0.774. The summed E-state index contributed by atoms with van der Waals surface area (Å²) < 4.78 is 27.9. The lowest BCUT2D eigenvalue weighted by molar-refractivity contribution is 0.342. The first-order valence-corrected chi connectivity index (χ1v) is 8.73. The van der Waals surface area contributed by atoms with Crippen LogP contribution in [0.15, 0.2) is 17.0 Å². The largest absolute Gasteiger partial charge is 0.398 e. The summed E-state index contributed by atoms with van der Waals surface area (Å²) in [5.41, 5.74) is 5.32. The normalized spacial score (nSPS) is 12.7. The second kappa shape index (κ2) is 6.52. The first-order valence-electron chi connectivity index (χ1n) is 6.49. The standard InChI is InChI=1S/C13H20Cl2N2O2S/c1-4-13(5-2,6-3)17-20(18,19)12-10(15)7-9(14)8-11(12)16/h7-8,17H,4-6,16H2,1-3H3. The van der Waals surface area contributed by atoms with Gasteiger partial charge >= 0.3 is 0 Å². The molecule has 0 aliphatic heterocycles. The van der Waals surface area contributed by atoms with Crippen molar-refractivity contribution in [2.45, 2.75) is 50.5 Å². The van der Waals surface area contributed by atoms with Crippen molar-refractivity contribution < 1.29 is 8.42 Å². The van der Waals surface area contributed by atoms with Gasteiger partial charge in [0.2, 0.25) is 10.0 Å². The van der Waals surface area contributed by atoms with Gasteiger partial charge in [-0.25, -0.2) is 13.1 Å². The molecule has 114 valence electrons. The summed E-state index contributed by atoms with van der Waals surface area (Å²) in [4.78, 5) is -0.108. The molecule has 0 heterocycles. The van der Waals surface area contributed by atoms with Gasteiger partial charge in [0.15, 0.2) is 0 Å². The number of hydrogen-bond acceptors (Lipinski definition) is 3. The van der Waals surface area contributed by atoms with Gasteiger partial charge in [-0.3, -0.25) is 0 Å². The molecule has 0 aromatic heterocycles. The third-order valence-electron chi connectivity index (χ3n) is 3.69. The van der Waals surface area contributed by atoms with E-state index in [2.05, 4.69) is 4.72 Å². The van der Waals surface area contributed by atoms with Gasteiger partial charge in [-0.1, -0.05) is 44.0 Å². The zero-order valence-corrected chi connectivity index (χ0v) is 14.2. The van der Waals surface area contributed by atoms with Gasteiger partial charge in [-0.05, 0) is 31.4 Å². The second-order valence-electron chi connectivity index (χ2n) is 4.75. The summed E-state index contributed by atoms with van der Waals surface area (Å²) in [6.07, 6.45) is 2.05. The maximum absolute atomic E-state index is 12.6. The molecule has 0 fully saturated rings. The SMILES string of the molecule is CCC(CC)(CC)NS(=O)(=O)c1c(N)cc(Cl)cc1Cl. The molecule has 3 N–H and O–H groups in total. The molecule has 4 nitrogen and oxygen atoms in total. The Balaban J connectivity index is 3.32. The molecular formula is C13H20Cl2N2O2S. The van der Waals surface area contributed by atoms with Crippen molar-refractivity contribution in [1.82, 2.24) is 4.72 Å². The fourth-order valence-corrected chi connectivity index (χ4v) is 4.77. The fourth-order valence-electron chi connectivity index (χ4n) is 2.17. The van der Waals surface area contributed by atoms with Gasteiger partial charge in [0.25, 0.3) is 0 Å². The molecule has 0 saturated heterocycles. The molecule has 0 atom stereocenters. The van der Waals surface area contributed by atoms with Crippen molar-refractivity contribution in [1.29, 1.82) is 0 Å². The van der Waals surface area contributed by atoms with Crippen LogP contribution in [0, 0.1) is 0 Å². The first kappa shape index (κ1) is 17.6. The lowest BCUT2D eigenvalue weighted by Crippen LogP contribution is -2.47. The summed E-state index contributed by atoms with van der Waals surface area (Å²) in [7, 11) is -3.80. The molecule has 20 heavy (non-hydrogen) atoms. The molecule has 1 rings (SSSR count). The van der Waals surface area contributed by atoms with Crippen LogP contribution in [0.4, 0.5) is 5.69 Å². The monoisotopic (exact) mass is 338 g/mol. The average molecular weight is 339 g/mol. The Labute approximate surface area is 130 Å². The van der Waals surface area contributed by atoms with E-state index in [1.54, 1.807) is 0 Å². The number of sulfonamides is 1. The molecule has 0 bridgehead atoms. The van der Waals surface area contributed by atoms with Crippen molar-refractivity contribution in [3.8, 4) is 0 Å². The van der Waals surface area contributed by atoms with Crippen LogP contribution in [0.25, 0.3) is 0 Å². The molecule has 1 aromatic rings. The Hall–Kier alpha value is -0.490. The number of nitrogens with two attached hydrogens (primary N) is 1. The van der Waals surface area contributed by atoms with Crippen LogP contribution in [-0.2, 0) is 10.0 Å². The highest BCUT2D eigenvalue weighted by Gasteiger charge is 2.32. The van der Waals surface area contributed by atoms with Gasteiger partial charge < -0.3 is 5.73 Å². The summed E-state index contributed by atoms with van der Waals surface area (Å²) in [6.45, 7) is 5.84. The van der Waals surface area contributed by atoms with E-state index in [1.165, 1.54) is 12.1 Å². The molecular weight excluding hydrogens is 319 g/mol. The highest BCUT2D eigenvalue weighted by Crippen LogP contribution is 2.33. The van der Waals surface area contributed by atoms with E-state index >= 15 is 0 Å². The Morgan fingerprint density at radius 2 is 1.65 bits per heavy atom. The summed E-state index contributed by atoms with van der Waals surface area (Å²) >= 11 is 11.8.